The van der Waals surface area contributed by atoms with Gasteiger partial charge in [-0.3, -0.25) is 14.9 Å². The molecule has 2 saturated carbocycles. The van der Waals surface area contributed by atoms with E-state index in [-0.39, 0.29) is 17.6 Å². The number of aromatic nitrogens is 4. The fourth-order valence-corrected chi connectivity index (χ4v) is 11.1. The van der Waals surface area contributed by atoms with Gasteiger partial charge in [0, 0.05) is 48.1 Å². The van der Waals surface area contributed by atoms with Crippen LogP contribution in [0.25, 0.3) is 21.9 Å². The van der Waals surface area contributed by atoms with E-state index in [1.54, 1.807) is 38.7 Å². The van der Waals surface area contributed by atoms with Gasteiger partial charge < -0.3 is 24.7 Å². The average molecular weight is 837 g/mol. The van der Waals surface area contributed by atoms with Crippen LogP contribution in [-0.2, 0) is 19.5 Å². The lowest BCUT2D eigenvalue weighted by molar-refractivity contribution is 0.0685. The van der Waals surface area contributed by atoms with E-state index in [0.29, 0.717) is 36.9 Å². The zero-order chi connectivity index (χ0) is 42.6. The topological polar surface area (TPSA) is 157 Å². The molecule has 2 saturated heterocycles. The van der Waals surface area contributed by atoms with Crippen molar-refractivity contribution in [3.63, 3.8) is 0 Å². The number of fused-ring (bicyclic) bond motifs is 2. The summed E-state index contributed by atoms with van der Waals surface area (Å²) in [6, 6.07) is 17.8. The van der Waals surface area contributed by atoms with Crippen molar-refractivity contribution in [1.29, 1.82) is 0 Å². The number of nitrogens with one attached hydrogen (secondary N) is 2. The smallest absolute Gasteiger partial charge is 0.335 e. The lowest BCUT2D eigenvalue weighted by Gasteiger charge is -2.40. The molecule has 12 nitrogen and oxygen atoms in total. The van der Waals surface area contributed by atoms with Crippen molar-refractivity contribution in [3.8, 4) is 11.5 Å². The third kappa shape index (κ3) is 7.72. The van der Waals surface area contributed by atoms with Crippen LogP contribution in [0.2, 0.25) is 0 Å². The second kappa shape index (κ2) is 16.5. The van der Waals surface area contributed by atoms with Crippen LogP contribution in [0.3, 0.4) is 0 Å². The Balaban J connectivity index is 0.978. The lowest BCUT2D eigenvalue weighted by Crippen LogP contribution is -2.37. The number of carbonyl (C=O) groups is 2. The molecule has 4 fully saturated rings. The van der Waals surface area contributed by atoms with Gasteiger partial charge in [0.1, 0.15) is 11.5 Å². The molecule has 0 amide bonds. The Kier molecular flexibility index (Phi) is 10.8. The first-order valence-corrected chi connectivity index (χ1v) is 22.4. The number of methoxy groups -OCH3 is 2. The lowest BCUT2D eigenvalue weighted by atomic mass is 9.82. The van der Waals surface area contributed by atoms with Crippen molar-refractivity contribution in [1.82, 2.24) is 30.0 Å². The number of H-pyrrole nitrogens is 2. The van der Waals surface area contributed by atoms with E-state index >= 15 is 0 Å². The van der Waals surface area contributed by atoms with E-state index in [4.69, 9.17) is 14.5 Å². The van der Waals surface area contributed by atoms with E-state index in [0.717, 1.165) is 123 Å². The number of carboxylic acids is 2. The highest BCUT2D eigenvalue weighted by atomic mass is 16.5. The number of aryl methyl sites for hydroxylation is 1. The first-order chi connectivity index (χ1) is 30.2. The van der Waals surface area contributed by atoms with Crippen molar-refractivity contribution in [2.24, 2.45) is 23.7 Å². The highest BCUT2D eigenvalue weighted by molar-refractivity contribution is 5.91. The van der Waals surface area contributed by atoms with Gasteiger partial charge in [0.2, 0.25) is 0 Å². The van der Waals surface area contributed by atoms with Crippen molar-refractivity contribution >= 4 is 33.9 Å². The summed E-state index contributed by atoms with van der Waals surface area (Å²) in [5, 5.41) is 28.8. The number of nitrogens with zero attached hydrogens (tertiary/aromatic N) is 4. The van der Waals surface area contributed by atoms with Crippen molar-refractivity contribution in [2.45, 2.75) is 89.9 Å². The molecular formula is C50H56N6O6. The molecule has 322 valence electrons. The van der Waals surface area contributed by atoms with Gasteiger partial charge in [0.25, 0.3) is 0 Å². The second-order valence-corrected chi connectivity index (χ2v) is 18.4. The maximum Gasteiger partial charge on any atom is 0.335 e. The maximum atomic E-state index is 12.9. The number of likely N-dealkylation sites (tertiary alicyclic amines) is 2. The first kappa shape index (κ1) is 40.4. The van der Waals surface area contributed by atoms with Gasteiger partial charge in [-0.25, -0.2) is 14.6 Å². The molecule has 62 heavy (non-hydrogen) atoms. The van der Waals surface area contributed by atoms with E-state index < -0.39 is 11.9 Å². The van der Waals surface area contributed by atoms with Crippen LogP contribution in [0.5, 0.6) is 11.5 Å². The van der Waals surface area contributed by atoms with Gasteiger partial charge in [-0.2, -0.15) is 5.10 Å². The fraction of sp³-hybridized carbons (Fsp3) is 0.440. The molecule has 4 aromatic carbocycles. The third-order valence-electron chi connectivity index (χ3n) is 14.8. The molecule has 4 heterocycles. The normalized spacial score (nSPS) is 22.3. The molecule has 4 atom stereocenters. The Bertz CT molecular complexity index is 2640. The molecule has 0 radical (unpaired) electrons. The summed E-state index contributed by atoms with van der Waals surface area (Å²) < 4.78 is 12.1. The Labute approximate surface area is 361 Å². The molecule has 0 unspecified atom stereocenters. The van der Waals surface area contributed by atoms with E-state index in [1.807, 2.05) is 24.4 Å². The highest BCUT2D eigenvalue weighted by Crippen LogP contribution is 2.49. The molecule has 4 aliphatic rings. The number of piperidine rings is 2. The molecule has 0 bridgehead atoms. The van der Waals surface area contributed by atoms with Gasteiger partial charge in [0.05, 0.1) is 54.4 Å². The fourth-order valence-electron chi connectivity index (χ4n) is 11.1. The highest BCUT2D eigenvalue weighted by Gasteiger charge is 2.40. The predicted molar refractivity (Wildman–Crippen MR) is 237 cm³/mol. The van der Waals surface area contributed by atoms with Gasteiger partial charge >= 0.3 is 11.9 Å². The monoisotopic (exact) mass is 836 g/mol. The van der Waals surface area contributed by atoms with E-state index in [1.165, 1.54) is 25.7 Å². The summed E-state index contributed by atoms with van der Waals surface area (Å²) in [5.74, 6) is 2.56. The molecule has 2 aliphatic carbocycles. The third-order valence-corrected chi connectivity index (χ3v) is 14.8. The average Bonchev–Trinajstić information content (AvgIpc) is 4.21. The van der Waals surface area contributed by atoms with Crippen LogP contribution in [0.1, 0.15) is 123 Å². The minimum absolute atomic E-state index is 0.101. The number of aromatic amines is 2. The first-order valence-electron chi connectivity index (χ1n) is 22.4. The number of aromatic carboxylic acids is 2. The minimum Gasteiger partial charge on any atom is -0.496 e. The molecular weight excluding hydrogens is 781 g/mol. The minimum atomic E-state index is -0.950. The Morgan fingerprint density at radius 1 is 0.726 bits per heavy atom. The number of rotatable bonds is 14. The van der Waals surface area contributed by atoms with E-state index in [9.17, 15) is 19.8 Å². The van der Waals surface area contributed by atoms with E-state index in [2.05, 4.69) is 50.1 Å². The van der Waals surface area contributed by atoms with Crippen molar-refractivity contribution < 1.29 is 29.3 Å². The van der Waals surface area contributed by atoms with Gasteiger partial charge in [-0.05, 0) is 153 Å². The van der Waals surface area contributed by atoms with Gasteiger partial charge in [0.15, 0.2) is 0 Å². The van der Waals surface area contributed by atoms with Crippen LogP contribution in [0, 0.1) is 30.6 Å². The number of carboxylic acid groups (broad SMARTS) is 2. The SMILES string of the molecule is COc1cc(C)c2[nH]ncc2c1CN1CC[C@H](C2CC2)C[C@H]1c1ccc(C(=O)O)c(Cc2cc(OC)c(CN3CC[C@@H](C4CC4)C[C@H]3c3ccc(C(=O)O)cc3)c3[nH]cnc23)c1. The summed E-state index contributed by atoms with van der Waals surface area (Å²) in [6.07, 6.45) is 13.5. The molecule has 2 aliphatic heterocycles. The number of benzene rings is 4. The molecule has 4 N–H and O–H groups in total. The summed E-state index contributed by atoms with van der Waals surface area (Å²) in [4.78, 5) is 38.0. The Morgan fingerprint density at radius 3 is 1.98 bits per heavy atom. The van der Waals surface area contributed by atoms with Crippen LogP contribution in [0.4, 0.5) is 0 Å². The standard InChI is InChI=1S/C50H56N6O6/c1-28-18-44(61-2)40(39-24-53-54-46(28)39)25-55-16-14-34(30-6-7-30)22-43(55)35-12-13-38(50(59)60)36(19-35)20-37-23-45(62-3)41(48-47(37)51-27-52-48)26-56-17-15-33(29-4-5-29)21-42(56)31-8-10-32(11-9-31)49(57)58/h8-13,18-19,23-24,27,29-30,33-34,42-43H,4-7,14-17,20-22,25-26H2,1-3H3,(H,51,52)(H,53,54)(H,57,58)(H,59,60)/t33-,34+,42+,43+/m1/s1. The number of hydrogen-bond acceptors (Lipinski definition) is 8. The van der Waals surface area contributed by atoms with Crippen molar-refractivity contribution in [3.05, 3.63) is 117 Å². The van der Waals surface area contributed by atoms with Crippen LogP contribution in [0.15, 0.2) is 67.1 Å². The number of hydrogen-bond donors (Lipinski definition) is 4. The number of ether oxygens (including phenoxy) is 2. The molecule has 6 aromatic rings. The summed E-state index contributed by atoms with van der Waals surface area (Å²) in [5.41, 5.74) is 10.4. The largest absolute Gasteiger partial charge is 0.496 e. The Hall–Kier alpha value is -5.72. The zero-order valence-corrected chi connectivity index (χ0v) is 35.8. The molecule has 0 spiro atoms. The predicted octanol–water partition coefficient (Wildman–Crippen LogP) is 9.48. The maximum absolute atomic E-state index is 12.9. The van der Waals surface area contributed by atoms with Gasteiger partial charge in [-0.1, -0.05) is 24.3 Å². The van der Waals surface area contributed by atoms with Crippen LogP contribution < -0.4 is 9.47 Å². The summed E-state index contributed by atoms with van der Waals surface area (Å²) >= 11 is 0. The summed E-state index contributed by atoms with van der Waals surface area (Å²) in [6.45, 7) is 5.25. The van der Waals surface area contributed by atoms with Crippen LogP contribution in [-0.4, -0.2) is 79.4 Å². The number of imidazole rings is 1. The molecule has 2 aromatic heterocycles. The van der Waals surface area contributed by atoms with Gasteiger partial charge in [-0.15, -0.1) is 0 Å². The van der Waals surface area contributed by atoms with Crippen molar-refractivity contribution in [2.75, 3.05) is 27.3 Å². The van der Waals surface area contributed by atoms with Crippen LogP contribution >= 0.6 is 0 Å². The molecule has 10 rings (SSSR count). The molecule has 12 heteroatoms. The summed E-state index contributed by atoms with van der Waals surface area (Å²) in [7, 11) is 3.43. The zero-order valence-electron chi connectivity index (χ0n) is 35.8. The quantitative estimate of drug-likeness (QED) is 0.0834. The Morgan fingerprint density at radius 2 is 1.35 bits per heavy atom. The second-order valence-electron chi connectivity index (χ2n) is 18.4.